The Labute approximate surface area is 147 Å². The van der Waals surface area contributed by atoms with E-state index in [-0.39, 0.29) is 24.3 Å². The van der Waals surface area contributed by atoms with E-state index in [1.54, 1.807) is 17.0 Å². The summed E-state index contributed by atoms with van der Waals surface area (Å²) in [5.41, 5.74) is 1.50. The molecular formula is C18H24N4O3. The summed E-state index contributed by atoms with van der Waals surface area (Å²) in [4.78, 5) is 37.3. The Bertz CT molecular complexity index is 638. The minimum absolute atomic E-state index is 0.0406. The third-order valence-corrected chi connectivity index (χ3v) is 4.61. The van der Waals surface area contributed by atoms with Crippen molar-refractivity contribution in [2.45, 2.75) is 31.8 Å². The van der Waals surface area contributed by atoms with Crippen LogP contribution in [0.3, 0.4) is 0 Å². The maximum absolute atomic E-state index is 12.4. The Hall–Kier alpha value is -2.41. The normalized spacial score (nSPS) is 20.2. The molecule has 1 aromatic carbocycles. The van der Waals surface area contributed by atoms with Crippen LogP contribution in [-0.4, -0.2) is 54.8 Å². The molecule has 2 aliphatic rings. The molecule has 0 saturated carbocycles. The molecule has 3 rings (SSSR count). The second-order valence-electron chi connectivity index (χ2n) is 6.55. The molecule has 7 heteroatoms. The zero-order chi connectivity index (χ0) is 17.6. The summed E-state index contributed by atoms with van der Waals surface area (Å²) in [7, 11) is 0. The Morgan fingerprint density at radius 3 is 2.68 bits per heavy atom. The Kier molecular flexibility index (Phi) is 5.65. The molecule has 1 atom stereocenters. The third kappa shape index (κ3) is 4.79. The topological polar surface area (TPSA) is 90.5 Å². The summed E-state index contributed by atoms with van der Waals surface area (Å²) < 4.78 is 0. The number of amides is 3. The molecule has 1 unspecified atom stereocenters. The summed E-state index contributed by atoms with van der Waals surface area (Å²) in [6, 6.07) is 7.46. The van der Waals surface area contributed by atoms with Gasteiger partial charge in [-0.2, -0.15) is 0 Å². The number of carbonyl (C=O) groups is 3. The van der Waals surface area contributed by atoms with Gasteiger partial charge in [0.05, 0.1) is 6.54 Å². The van der Waals surface area contributed by atoms with Gasteiger partial charge in [0.15, 0.2) is 0 Å². The third-order valence-electron chi connectivity index (χ3n) is 4.61. The Balaban J connectivity index is 1.48. The number of hydrogen-bond acceptors (Lipinski definition) is 4. The van der Waals surface area contributed by atoms with E-state index >= 15 is 0 Å². The lowest BCUT2D eigenvalue weighted by Crippen LogP contribution is -2.49. The van der Waals surface area contributed by atoms with Crippen molar-refractivity contribution in [3.63, 3.8) is 0 Å². The average molecular weight is 344 g/mol. The van der Waals surface area contributed by atoms with Crippen molar-refractivity contribution in [1.29, 1.82) is 0 Å². The summed E-state index contributed by atoms with van der Waals surface area (Å²) in [5, 5.41) is 8.93. The zero-order valence-electron chi connectivity index (χ0n) is 14.2. The van der Waals surface area contributed by atoms with Crippen LogP contribution in [0.25, 0.3) is 0 Å². The van der Waals surface area contributed by atoms with E-state index in [1.807, 2.05) is 12.1 Å². The number of piperazine rings is 1. The smallest absolute Gasteiger partial charge is 0.254 e. The van der Waals surface area contributed by atoms with Crippen molar-refractivity contribution < 1.29 is 14.4 Å². The van der Waals surface area contributed by atoms with Crippen molar-refractivity contribution in [3.8, 4) is 0 Å². The molecule has 2 aliphatic heterocycles. The molecule has 1 aromatic rings. The van der Waals surface area contributed by atoms with Gasteiger partial charge >= 0.3 is 0 Å². The van der Waals surface area contributed by atoms with Gasteiger partial charge in [0.2, 0.25) is 11.8 Å². The fraction of sp³-hybridized carbons (Fsp3) is 0.500. The maximum Gasteiger partial charge on any atom is 0.254 e. The van der Waals surface area contributed by atoms with E-state index in [2.05, 4.69) is 16.0 Å². The van der Waals surface area contributed by atoms with Gasteiger partial charge in [-0.15, -0.1) is 0 Å². The van der Waals surface area contributed by atoms with Crippen molar-refractivity contribution in [2.75, 3.05) is 26.2 Å². The molecule has 7 nitrogen and oxygen atoms in total. The number of hydrogen-bond donors (Lipinski definition) is 3. The summed E-state index contributed by atoms with van der Waals surface area (Å²) in [6.45, 7) is 2.56. The number of nitrogens with zero attached hydrogens (tertiary/aromatic N) is 1. The van der Waals surface area contributed by atoms with Gasteiger partial charge in [0.1, 0.15) is 0 Å². The number of carbonyl (C=O) groups excluding carboxylic acids is 3. The van der Waals surface area contributed by atoms with Gasteiger partial charge < -0.3 is 20.9 Å². The fourth-order valence-corrected chi connectivity index (χ4v) is 3.19. The molecular weight excluding hydrogens is 320 g/mol. The van der Waals surface area contributed by atoms with Gasteiger partial charge in [-0.25, -0.2) is 0 Å². The number of nitrogens with one attached hydrogen (secondary N) is 3. The first kappa shape index (κ1) is 17.4. The first-order valence-corrected chi connectivity index (χ1v) is 8.77. The molecule has 3 amide bonds. The lowest BCUT2D eigenvalue weighted by Gasteiger charge is -2.26. The fourth-order valence-electron chi connectivity index (χ4n) is 3.19. The molecule has 134 valence electrons. The van der Waals surface area contributed by atoms with E-state index in [4.69, 9.17) is 0 Å². The second kappa shape index (κ2) is 8.11. The Morgan fingerprint density at radius 2 is 2.00 bits per heavy atom. The summed E-state index contributed by atoms with van der Waals surface area (Å²) in [6.07, 6.45) is 2.69. The van der Waals surface area contributed by atoms with Crippen molar-refractivity contribution >= 4 is 17.7 Å². The molecule has 0 radical (unpaired) electrons. The molecule has 0 bridgehead atoms. The lowest BCUT2D eigenvalue weighted by molar-refractivity contribution is -0.123. The van der Waals surface area contributed by atoms with Crippen LogP contribution in [0, 0.1) is 0 Å². The van der Waals surface area contributed by atoms with E-state index in [1.165, 1.54) is 0 Å². The van der Waals surface area contributed by atoms with Crippen LogP contribution in [-0.2, 0) is 16.1 Å². The van der Waals surface area contributed by atoms with Gasteiger partial charge in [-0.05, 0) is 37.1 Å². The van der Waals surface area contributed by atoms with Crippen LogP contribution in [0.2, 0.25) is 0 Å². The van der Waals surface area contributed by atoms with Crippen LogP contribution < -0.4 is 16.0 Å². The first-order valence-electron chi connectivity index (χ1n) is 8.77. The summed E-state index contributed by atoms with van der Waals surface area (Å²) >= 11 is 0. The molecule has 0 aromatic heterocycles. The van der Waals surface area contributed by atoms with Gasteiger partial charge in [0, 0.05) is 37.7 Å². The molecule has 0 spiro atoms. The van der Waals surface area contributed by atoms with E-state index < -0.39 is 0 Å². The highest BCUT2D eigenvalue weighted by Gasteiger charge is 2.22. The van der Waals surface area contributed by atoms with Crippen molar-refractivity contribution in [3.05, 3.63) is 35.4 Å². The standard InChI is InChI=1S/C18H24N4O3/c23-16(10-15-2-1-7-19-15)21-11-13-3-5-14(6-4-13)18(25)22-9-8-20-17(24)12-22/h3-6,15,19H,1-2,7-12H2,(H,20,24)(H,21,23). The zero-order valence-corrected chi connectivity index (χ0v) is 14.2. The molecule has 2 fully saturated rings. The minimum Gasteiger partial charge on any atom is -0.353 e. The quantitative estimate of drug-likeness (QED) is 0.702. The molecule has 3 N–H and O–H groups in total. The van der Waals surface area contributed by atoms with Crippen molar-refractivity contribution in [1.82, 2.24) is 20.9 Å². The average Bonchev–Trinajstić information content (AvgIpc) is 3.13. The van der Waals surface area contributed by atoms with Crippen LogP contribution >= 0.6 is 0 Å². The molecule has 25 heavy (non-hydrogen) atoms. The SMILES string of the molecule is O=C(CC1CCCN1)NCc1ccc(C(=O)N2CCNC(=O)C2)cc1. The van der Waals surface area contributed by atoms with Crippen LogP contribution in [0.1, 0.15) is 35.2 Å². The Morgan fingerprint density at radius 1 is 1.20 bits per heavy atom. The van der Waals surface area contributed by atoms with Gasteiger partial charge in [0.25, 0.3) is 5.91 Å². The predicted molar refractivity (Wildman–Crippen MR) is 92.8 cm³/mol. The summed E-state index contributed by atoms with van der Waals surface area (Å²) in [5.74, 6) is -0.229. The van der Waals surface area contributed by atoms with E-state index in [0.29, 0.717) is 37.7 Å². The highest BCUT2D eigenvalue weighted by atomic mass is 16.2. The highest BCUT2D eigenvalue weighted by Crippen LogP contribution is 2.10. The van der Waals surface area contributed by atoms with Crippen LogP contribution in [0.15, 0.2) is 24.3 Å². The van der Waals surface area contributed by atoms with E-state index in [9.17, 15) is 14.4 Å². The predicted octanol–water partition coefficient (Wildman–Crippen LogP) is 0.0169. The minimum atomic E-state index is -0.141. The van der Waals surface area contributed by atoms with E-state index in [0.717, 1.165) is 24.9 Å². The first-order chi connectivity index (χ1) is 12.1. The molecule has 0 aliphatic carbocycles. The van der Waals surface area contributed by atoms with Crippen LogP contribution in [0.4, 0.5) is 0 Å². The number of benzene rings is 1. The van der Waals surface area contributed by atoms with Gasteiger partial charge in [-0.1, -0.05) is 12.1 Å². The van der Waals surface area contributed by atoms with Crippen molar-refractivity contribution in [2.24, 2.45) is 0 Å². The second-order valence-corrected chi connectivity index (χ2v) is 6.55. The maximum atomic E-state index is 12.4. The highest BCUT2D eigenvalue weighted by molar-refractivity contribution is 5.97. The number of rotatable bonds is 5. The molecule has 2 heterocycles. The molecule has 2 saturated heterocycles. The van der Waals surface area contributed by atoms with Crippen LogP contribution in [0.5, 0.6) is 0 Å². The lowest BCUT2D eigenvalue weighted by atomic mass is 10.1. The monoisotopic (exact) mass is 344 g/mol. The largest absolute Gasteiger partial charge is 0.353 e. The van der Waals surface area contributed by atoms with Gasteiger partial charge in [-0.3, -0.25) is 14.4 Å².